The summed E-state index contributed by atoms with van der Waals surface area (Å²) in [5.41, 5.74) is 11.2. The van der Waals surface area contributed by atoms with Crippen LogP contribution in [0.25, 0.3) is 0 Å². The van der Waals surface area contributed by atoms with Crippen LogP contribution in [-0.2, 0) is 14.2 Å². The monoisotopic (exact) mass is 294 g/mol. The van der Waals surface area contributed by atoms with Crippen LogP contribution in [0.15, 0.2) is 0 Å². The predicted molar refractivity (Wildman–Crippen MR) is 65.4 cm³/mol. The highest BCUT2D eigenvalue weighted by molar-refractivity contribution is 4.94. The maximum atomic E-state index is 9.85. The first-order valence-corrected chi connectivity index (χ1v) is 6.52. The number of hydrogen-bond donors (Lipinski definition) is 6. The molecule has 118 valence electrons. The molecule has 0 aromatic heterocycles. The van der Waals surface area contributed by atoms with Gasteiger partial charge in [-0.25, -0.2) is 0 Å². The summed E-state index contributed by atoms with van der Waals surface area (Å²) in [6, 6.07) is -1.00. The molecule has 0 radical (unpaired) electrons. The highest BCUT2D eigenvalue weighted by atomic mass is 16.7. The van der Waals surface area contributed by atoms with Gasteiger partial charge in [-0.3, -0.25) is 0 Å². The Morgan fingerprint density at radius 1 is 1.15 bits per heavy atom. The van der Waals surface area contributed by atoms with E-state index in [0.717, 1.165) is 0 Å². The SMILES string of the molecule is NC[C@@H]1O[C@@H](O[C@H]2[C@@H](O)CO[C@@H]2CO)[C@H](N)[C@@H](O)[C@@H]1O. The second-order valence-electron chi connectivity index (χ2n) is 5.06. The van der Waals surface area contributed by atoms with Crippen molar-refractivity contribution in [3.63, 3.8) is 0 Å². The molecule has 0 saturated carbocycles. The molecule has 0 spiro atoms. The summed E-state index contributed by atoms with van der Waals surface area (Å²) in [5, 5.41) is 38.5. The first-order chi connectivity index (χ1) is 9.49. The third-order valence-electron chi connectivity index (χ3n) is 3.68. The van der Waals surface area contributed by atoms with Gasteiger partial charge in [-0.1, -0.05) is 0 Å². The molecule has 2 saturated heterocycles. The second-order valence-corrected chi connectivity index (χ2v) is 5.06. The van der Waals surface area contributed by atoms with Gasteiger partial charge in [0, 0.05) is 6.54 Å². The van der Waals surface area contributed by atoms with Crippen molar-refractivity contribution in [3.05, 3.63) is 0 Å². The lowest BCUT2D eigenvalue weighted by atomic mass is 9.97. The summed E-state index contributed by atoms with van der Waals surface area (Å²) < 4.78 is 16.1. The average Bonchev–Trinajstić information content (AvgIpc) is 2.80. The molecule has 9 nitrogen and oxygen atoms in total. The lowest BCUT2D eigenvalue weighted by Crippen LogP contribution is -2.64. The second kappa shape index (κ2) is 6.60. The van der Waals surface area contributed by atoms with E-state index in [1.165, 1.54) is 0 Å². The molecule has 9 heteroatoms. The van der Waals surface area contributed by atoms with E-state index in [1.807, 2.05) is 0 Å². The van der Waals surface area contributed by atoms with Gasteiger partial charge in [-0.15, -0.1) is 0 Å². The van der Waals surface area contributed by atoms with Crippen LogP contribution in [-0.4, -0.2) is 89.1 Å². The maximum Gasteiger partial charge on any atom is 0.176 e. The van der Waals surface area contributed by atoms with Gasteiger partial charge in [0.25, 0.3) is 0 Å². The van der Waals surface area contributed by atoms with Crippen molar-refractivity contribution in [2.24, 2.45) is 11.5 Å². The molecule has 2 aliphatic rings. The number of hydrogen-bond acceptors (Lipinski definition) is 9. The fraction of sp³-hybridized carbons (Fsp3) is 1.00. The predicted octanol–water partition coefficient (Wildman–Crippen LogP) is -4.14. The molecule has 2 rings (SSSR count). The van der Waals surface area contributed by atoms with Crippen molar-refractivity contribution < 1.29 is 34.6 Å². The van der Waals surface area contributed by atoms with Gasteiger partial charge >= 0.3 is 0 Å². The zero-order valence-corrected chi connectivity index (χ0v) is 10.9. The van der Waals surface area contributed by atoms with E-state index >= 15 is 0 Å². The lowest BCUT2D eigenvalue weighted by molar-refractivity contribution is -0.279. The largest absolute Gasteiger partial charge is 0.394 e. The number of nitrogens with two attached hydrogens (primary N) is 2. The van der Waals surface area contributed by atoms with Crippen LogP contribution < -0.4 is 11.5 Å². The summed E-state index contributed by atoms with van der Waals surface area (Å²) >= 11 is 0. The summed E-state index contributed by atoms with van der Waals surface area (Å²) in [4.78, 5) is 0. The molecule has 0 amide bonds. The molecule has 0 aromatic carbocycles. The smallest absolute Gasteiger partial charge is 0.176 e. The van der Waals surface area contributed by atoms with Crippen LogP contribution in [0, 0.1) is 0 Å². The third kappa shape index (κ3) is 2.96. The molecule has 0 unspecified atom stereocenters. The molecular weight excluding hydrogens is 272 g/mol. The molecule has 0 bridgehead atoms. The molecule has 20 heavy (non-hydrogen) atoms. The standard InChI is InChI=1S/C11H22N2O7/c12-1-5-8(16)9(17)7(13)11(19-5)20-10-4(15)3-18-6(10)2-14/h4-11,14-17H,1-3,12-13H2/t4-,5-,6+,7+,8+,9+,10-,11-/m0/s1. The van der Waals surface area contributed by atoms with E-state index in [-0.39, 0.29) is 19.8 Å². The Hall–Kier alpha value is -0.360. The Kier molecular flexibility index (Phi) is 5.29. The van der Waals surface area contributed by atoms with Crippen molar-refractivity contribution in [2.75, 3.05) is 19.8 Å². The highest BCUT2D eigenvalue weighted by Crippen LogP contribution is 2.25. The van der Waals surface area contributed by atoms with Crippen LogP contribution in [0.3, 0.4) is 0 Å². The number of ether oxygens (including phenoxy) is 3. The zero-order valence-electron chi connectivity index (χ0n) is 10.9. The summed E-state index contributed by atoms with van der Waals surface area (Å²) in [6.45, 7) is -0.309. The third-order valence-corrected chi connectivity index (χ3v) is 3.68. The minimum atomic E-state index is -1.26. The molecule has 8 atom stereocenters. The first kappa shape index (κ1) is 16.0. The highest BCUT2D eigenvalue weighted by Gasteiger charge is 2.46. The molecule has 2 aliphatic heterocycles. The van der Waals surface area contributed by atoms with Gasteiger partial charge in [0.2, 0.25) is 0 Å². The Balaban J connectivity index is 2.03. The number of aliphatic hydroxyl groups is 4. The Bertz CT molecular complexity index is 319. The Labute approximate surface area is 116 Å². The normalized spacial score (nSPS) is 49.5. The van der Waals surface area contributed by atoms with E-state index in [2.05, 4.69) is 0 Å². The topological polar surface area (TPSA) is 161 Å². The van der Waals surface area contributed by atoms with Gasteiger partial charge < -0.3 is 46.1 Å². The summed E-state index contributed by atoms with van der Waals surface area (Å²) in [5.74, 6) is 0. The van der Waals surface area contributed by atoms with Crippen LogP contribution in [0.1, 0.15) is 0 Å². The first-order valence-electron chi connectivity index (χ1n) is 6.52. The van der Waals surface area contributed by atoms with E-state index in [1.54, 1.807) is 0 Å². The summed E-state index contributed by atoms with van der Waals surface area (Å²) in [6.07, 6.45) is -6.77. The Morgan fingerprint density at radius 3 is 2.45 bits per heavy atom. The van der Waals surface area contributed by atoms with Crippen LogP contribution >= 0.6 is 0 Å². The molecule has 8 N–H and O–H groups in total. The van der Waals surface area contributed by atoms with Gasteiger partial charge in [-0.05, 0) is 0 Å². The molecule has 2 fully saturated rings. The number of rotatable bonds is 4. The van der Waals surface area contributed by atoms with Gasteiger partial charge in [0.05, 0.1) is 19.3 Å². The molecule has 0 aromatic rings. The minimum absolute atomic E-state index is 0.0159. The van der Waals surface area contributed by atoms with Crippen molar-refractivity contribution in [1.82, 2.24) is 0 Å². The quantitative estimate of drug-likeness (QED) is 0.302. The summed E-state index contributed by atoms with van der Waals surface area (Å²) in [7, 11) is 0. The van der Waals surface area contributed by atoms with Crippen molar-refractivity contribution >= 4 is 0 Å². The van der Waals surface area contributed by atoms with Crippen molar-refractivity contribution in [2.45, 2.75) is 49.0 Å². The van der Waals surface area contributed by atoms with Crippen molar-refractivity contribution in [3.8, 4) is 0 Å². The van der Waals surface area contributed by atoms with E-state index < -0.39 is 49.0 Å². The number of aliphatic hydroxyl groups excluding tert-OH is 4. The Morgan fingerprint density at radius 2 is 1.85 bits per heavy atom. The van der Waals surface area contributed by atoms with Crippen LogP contribution in [0.5, 0.6) is 0 Å². The van der Waals surface area contributed by atoms with Crippen LogP contribution in [0.4, 0.5) is 0 Å². The van der Waals surface area contributed by atoms with Gasteiger partial charge in [0.1, 0.15) is 36.6 Å². The maximum absolute atomic E-state index is 9.85. The van der Waals surface area contributed by atoms with Gasteiger partial charge in [-0.2, -0.15) is 0 Å². The lowest BCUT2D eigenvalue weighted by Gasteiger charge is -2.42. The van der Waals surface area contributed by atoms with E-state index in [9.17, 15) is 15.3 Å². The van der Waals surface area contributed by atoms with Crippen LogP contribution in [0.2, 0.25) is 0 Å². The fourth-order valence-corrected chi connectivity index (χ4v) is 2.42. The minimum Gasteiger partial charge on any atom is -0.394 e. The van der Waals surface area contributed by atoms with E-state index in [4.69, 9.17) is 30.8 Å². The average molecular weight is 294 g/mol. The molecule has 2 heterocycles. The zero-order chi connectivity index (χ0) is 14.9. The van der Waals surface area contributed by atoms with Crippen molar-refractivity contribution in [1.29, 1.82) is 0 Å². The molecule has 0 aliphatic carbocycles. The fourth-order valence-electron chi connectivity index (χ4n) is 2.42. The van der Waals surface area contributed by atoms with Gasteiger partial charge in [0.15, 0.2) is 6.29 Å². The van der Waals surface area contributed by atoms with E-state index in [0.29, 0.717) is 0 Å². The molecular formula is C11H22N2O7.